The maximum Gasteiger partial charge on any atom is 0.325 e. The van der Waals surface area contributed by atoms with Crippen LogP contribution in [0.5, 0.6) is 0 Å². The molecule has 0 aromatic heterocycles. The molecule has 1 unspecified atom stereocenters. The van der Waals surface area contributed by atoms with Gasteiger partial charge in [-0.3, -0.25) is 24.6 Å². The second-order valence-electron chi connectivity index (χ2n) is 8.75. The summed E-state index contributed by atoms with van der Waals surface area (Å²) in [6, 6.07) is 9.41. The van der Waals surface area contributed by atoms with Crippen LogP contribution in [0.25, 0.3) is 0 Å². The van der Waals surface area contributed by atoms with Crippen LogP contribution in [0.2, 0.25) is 0 Å². The Bertz CT molecular complexity index is 1110. The van der Waals surface area contributed by atoms with E-state index < -0.39 is 46.4 Å². The fraction of sp³-hybridized carbons (Fsp3) is 0.318. The highest BCUT2D eigenvalue weighted by Gasteiger charge is 2.49. The van der Waals surface area contributed by atoms with Gasteiger partial charge in [-0.15, -0.1) is 0 Å². The number of nitrogens with one attached hydrogen (secondary N) is 2. The maximum atomic E-state index is 13.5. The molecule has 1 saturated heterocycles. The SMILES string of the molecule is CC(C)(C)c1ccc(C2(C)NC(=O)N(CC(=O)Nc3ccc(F)c([N+](=O)[O-])c3)C2=O)cc1. The minimum atomic E-state index is -1.34. The molecular weight excluding hydrogens is 419 g/mol. The van der Waals surface area contributed by atoms with E-state index in [0.29, 0.717) is 5.56 Å². The minimum Gasteiger partial charge on any atom is -0.324 e. The summed E-state index contributed by atoms with van der Waals surface area (Å²) in [7, 11) is 0. The summed E-state index contributed by atoms with van der Waals surface area (Å²) in [5, 5.41) is 15.8. The number of anilines is 1. The number of rotatable bonds is 5. The summed E-state index contributed by atoms with van der Waals surface area (Å²) in [6.07, 6.45) is 0. The first-order chi connectivity index (χ1) is 14.8. The van der Waals surface area contributed by atoms with Crippen molar-refractivity contribution in [2.75, 3.05) is 11.9 Å². The predicted octanol–water partition coefficient (Wildman–Crippen LogP) is 3.44. The Morgan fingerprint density at radius 3 is 2.38 bits per heavy atom. The van der Waals surface area contributed by atoms with Gasteiger partial charge in [0, 0.05) is 11.8 Å². The van der Waals surface area contributed by atoms with Crippen molar-refractivity contribution in [2.24, 2.45) is 0 Å². The van der Waals surface area contributed by atoms with Crippen LogP contribution in [-0.4, -0.2) is 34.2 Å². The van der Waals surface area contributed by atoms with E-state index in [1.54, 1.807) is 19.1 Å². The van der Waals surface area contributed by atoms with E-state index in [2.05, 4.69) is 31.4 Å². The van der Waals surface area contributed by atoms with Crippen LogP contribution >= 0.6 is 0 Å². The van der Waals surface area contributed by atoms with Gasteiger partial charge >= 0.3 is 11.7 Å². The number of carbonyl (C=O) groups excluding carboxylic acids is 3. The number of hydrogen-bond donors (Lipinski definition) is 2. The maximum absolute atomic E-state index is 13.5. The van der Waals surface area contributed by atoms with Crippen molar-refractivity contribution in [2.45, 2.75) is 38.6 Å². The Kier molecular flexibility index (Phi) is 5.73. The molecule has 1 atom stereocenters. The highest BCUT2D eigenvalue weighted by atomic mass is 19.1. The Labute approximate surface area is 183 Å². The lowest BCUT2D eigenvalue weighted by Crippen LogP contribution is -2.42. The van der Waals surface area contributed by atoms with E-state index >= 15 is 0 Å². The van der Waals surface area contributed by atoms with Crippen LogP contribution in [-0.2, 0) is 20.5 Å². The van der Waals surface area contributed by atoms with Crippen molar-refractivity contribution >= 4 is 29.2 Å². The zero-order valence-corrected chi connectivity index (χ0v) is 18.1. The van der Waals surface area contributed by atoms with Crippen molar-refractivity contribution in [3.8, 4) is 0 Å². The topological polar surface area (TPSA) is 122 Å². The fourth-order valence-electron chi connectivity index (χ4n) is 3.41. The smallest absolute Gasteiger partial charge is 0.324 e. The van der Waals surface area contributed by atoms with Crippen LogP contribution in [0.4, 0.5) is 20.6 Å². The number of benzene rings is 2. The van der Waals surface area contributed by atoms with Gasteiger partial charge in [-0.1, -0.05) is 45.0 Å². The lowest BCUT2D eigenvalue weighted by Gasteiger charge is -2.24. The van der Waals surface area contributed by atoms with Gasteiger partial charge < -0.3 is 10.6 Å². The molecule has 0 aliphatic carbocycles. The molecule has 10 heteroatoms. The first kappa shape index (κ1) is 22.9. The van der Waals surface area contributed by atoms with E-state index in [1.165, 1.54) is 0 Å². The third-order valence-electron chi connectivity index (χ3n) is 5.33. The van der Waals surface area contributed by atoms with E-state index in [4.69, 9.17) is 0 Å². The van der Waals surface area contributed by atoms with Crippen molar-refractivity contribution in [1.82, 2.24) is 10.2 Å². The molecule has 1 aliphatic heterocycles. The van der Waals surface area contributed by atoms with E-state index in [0.717, 1.165) is 28.7 Å². The van der Waals surface area contributed by atoms with Crippen molar-refractivity contribution in [1.29, 1.82) is 0 Å². The molecule has 0 spiro atoms. The Morgan fingerprint density at radius 2 is 1.81 bits per heavy atom. The highest BCUT2D eigenvalue weighted by molar-refractivity contribution is 6.10. The molecule has 9 nitrogen and oxygen atoms in total. The molecule has 4 amide bonds. The molecule has 2 aromatic carbocycles. The highest BCUT2D eigenvalue weighted by Crippen LogP contribution is 2.31. The van der Waals surface area contributed by atoms with Crippen LogP contribution in [0.3, 0.4) is 0 Å². The van der Waals surface area contributed by atoms with Gasteiger partial charge in [-0.25, -0.2) is 4.79 Å². The van der Waals surface area contributed by atoms with E-state index in [-0.39, 0.29) is 11.1 Å². The second kappa shape index (κ2) is 8.03. The number of nitro groups is 1. The molecule has 1 heterocycles. The standard InChI is InChI=1S/C22H23FN4O5/c1-21(2,3)13-5-7-14(8-6-13)22(4)19(29)26(20(30)25-22)12-18(28)24-15-9-10-16(23)17(11-15)27(31)32/h5-11H,12H2,1-4H3,(H,24,28)(H,25,30). The number of halogens is 1. The number of amides is 4. The summed E-state index contributed by atoms with van der Waals surface area (Å²) in [6.45, 7) is 7.12. The third kappa shape index (κ3) is 4.29. The molecule has 1 aliphatic rings. The van der Waals surface area contributed by atoms with Gasteiger partial charge in [0.05, 0.1) is 4.92 Å². The van der Waals surface area contributed by atoms with Gasteiger partial charge in [0.1, 0.15) is 12.1 Å². The summed E-state index contributed by atoms with van der Waals surface area (Å²) in [5.74, 6) is -2.41. The summed E-state index contributed by atoms with van der Waals surface area (Å²) in [5.41, 5.74) is -0.628. The lowest BCUT2D eigenvalue weighted by atomic mass is 9.84. The zero-order chi connectivity index (χ0) is 23.8. The molecule has 2 aromatic rings. The number of hydrogen-bond acceptors (Lipinski definition) is 5. The van der Waals surface area contributed by atoms with E-state index in [1.807, 2.05) is 12.1 Å². The Hall–Kier alpha value is -3.82. The molecule has 2 N–H and O–H groups in total. The number of nitro benzene ring substituents is 1. The molecule has 1 fully saturated rings. The number of urea groups is 1. The predicted molar refractivity (Wildman–Crippen MR) is 114 cm³/mol. The third-order valence-corrected chi connectivity index (χ3v) is 5.33. The first-order valence-corrected chi connectivity index (χ1v) is 9.82. The van der Waals surface area contributed by atoms with Gasteiger partial charge in [0.15, 0.2) is 0 Å². The fourth-order valence-corrected chi connectivity index (χ4v) is 3.41. The van der Waals surface area contributed by atoms with Gasteiger partial charge in [0.25, 0.3) is 5.91 Å². The molecule has 0 bridgehead atoms. The van der Waals surface area contributed by atoms with Gasteiger partial charge in [-0.2, -0.15) is 4.39 Å². The lowest BCUT2D eigenvalue weighted by molar-refractivity contribution is -0.387. The summed E-state index contributed by atoms with van der Waals surface area (Å²) >= 11 is 0. The van der Waals surface area contributed by atoms with Crippen LogP contribution < -0.4 is 10.6 Å². The van der Waals surface area contributed by atoms with Crippen LogP contribution in [0, 0.1) is 15.9 Å². The monoisotopic (exact) mass is 442 g/mol. The summed E-state index contributed by atoms with van der Waals surface area (Å²) in [4.78, 5) is 48.6. The van der Waals surface area contributed by atoms with Crippen molar-refractivity contribution in [3.63, 3.8) is 0 Å². The average Bonchev–Trinajstić information content (AvgIpc) is 2.92. The van der Waals surface area contributed by atoms with Gasteiger partial charge in [0.2, 0.25) is 11.7 Å². The molecule has 3 rings (SSSR count). The zero-order valence-electron chi connectivity index (χ0n) is 18.1. The molecule has 0 radical (unpaired) electrons. The Balaban J connectivity index is 1.75. The van der Waals surface area contributed by atoms with Crippen molar-refractivity contribution in [3.05, 3.63) is 69.5 Å². The minimum absolute atomic E-state index is 0.0318. The quantitative estimate of drug-likeness (QED) is 0.417. The van der Waals surface area contributed by atoms with Crippen LogP contribution in [0.1, 0.15) is 38.8 Å². The summed E-state index contributed by atoms with van der Waals surface area (Å²) < 4.78 is 13.5. The van der Waals surface area contributed by atoms with E-state index in [9.17, 15) is 28.9 Å². The number of carbonyl (C=O) groups is 3. The number of imide groups is 1. The largest absolute Gasteiger partial charge is 0.325 e. The average molecular weight is 442 g/mol. The van der Waals surface area contributed by atoms with Gasteiger partial charge in [-0.05, 0) is 35.6 Å². The molecule has 32 heavy (non-hydrogen) atoms. The molecular formula is C22H23FN4O5. The van der Waals surface area contributed by atoms with Crippen LogP contribution in [0.15, 0.2) is 42.5 Å². The number of nitrogens with zero attached hydrogens (tertiary/aromatic N) is 2. The normalized spacial score (nSPS) is 18.5. The first-order valence-electron chi connectivity index (χ1n) is 9.82. The van der Waals surface area contributed by atoms with Crippen molar-refractivity contribution < 1.29 is 23.7 Å². The molecule has 168 valence electrons. The molecule has 0 saturated carbocycles. The Morgan fingerprint density at radius 1 is 1.19 bits per heavy atom. The second-order valence-corrected chi connectivity index (χ2v) is 8.75.